The molecule has 1 heterocycles. The van der Waals surface area contributed by atoms with Crippen LogP contribution in [0.3, 0.4) is 0 Å². The van der Waals surface area contributed by atoms with Crippen LogP contribution < -0.4 is 0 Å². The molecule has 0 bridgehead atoms. The van der Waals surface area contributed by atoms with Gasteiger partial charge in [-0.25, -0.2) is 13.2 Å². The van der Waals surface area contributed by atoms with Crippen molar-refractivity contribution >= 4 is 10.9 Å². The number of aromatic nitrogens is 1. The Morgan fingerprint density at radius 3 is 2.64 bits per heavy atom. The number of nitrogens with zero attached hydrogens (tertiary/aromatic N) is 1. The summed E-state index contributed by atoms with van der Waals surface area (Å²) >= 11 is 0. The van der Waals surface area contributed by atoms with E-state index in [9.17, 15) is 13.2 Å². The molecule has 0 saturated heterocycles. The number of halogens is 3. The maximum Gasteiger partial charge on any atom is 0.263 e. The van der Waals surface area contributed by atoms with Gasteiger partial charge in [0.25, 0.3) is 6.43 Å². The lowest BCUT2D eigenvalue weighted by Crippen LogP contribution is -1.87. The van der Waals surface area contributed by atoms with E-state index in [2.05, 4.69) is 4.98 Å². The maximum absolute atomic E-state index is 13.1. The van der Waals surface area contributed by atoms with Crippen LogP contribution in [-0.2, 0) is 0 Å². The number of alkyl halides is 2. The van der Waals surface area contributed by atoms with Crippen LogP contribution in [0.4, 0.5) is 13.2 Å². The predicted molar refractivity (Wildman–Crippen MR) is 46.7 cm³/mol. The normalized spacial score (nSPS) is 11.1. The summed E-state index contributed by atoms with van der Waals surface area (Å²) in [5, 5.41) is 0.261. The second kappa shape index (κ2) is 3.29. The Bertz CT molecular complexity index is 468. The Hall–Kier alpha value is -1.58. The highest BCUT2D eigenvalue weighted by atomic mass is 19.3. The lowest BCUT2D eigenvalue weighted by atomic mass is 10.1. The van der Waals surface area contributed by atoms with E-state index in [0.717, 1.165) is 0 Å². The van der Waals surface area contributed by atoms with Crippen LogP contribution >= 0.6 is 0 Å². The lowest BCUT2D eigenvalue weighted by molar-refractivity contribution is 0.151. The van der Waals surface area contributed by atoms with E-state index in [1.54, 1.807) is 0 Å². The smallest absolute Gasteiger partial charge is 0.256 e. The molecule has 14 heavy (non-hydrogen) atoms. The average Bonchev–Trinajstić information content (AvgIpc) is 2.17. The Kier molecular flexibility index (Phi) is 2.11. The highest BCUT2D eigenvalue weighted by Gasteiger charge is 2.08. The molecule has 0 spiro atoms. The summed E-state index contributed by atoms with van der Waals surface area (Å²) in [6.07, 6.45) is -1.29. The van der Waals surface area contributed by atoms with Gasteiger partial charge in [-0.05, 0) is 18.2 Å². The summed E-state index contributed by atoms with van der Waals surface area (Å²) in [5.74, 6) is -0.448. The van der Waals surface area contributed by atoms with Crippen molar-refractivity contribution in [2.45, 2.75) is 6.43 Å². The molecule has 0 saturated carbocycles. The van der Waals surface area contributed by atoms with E-state index >= 15 is 0 Å². The molecular formula is C10H6F3N. The molecule has 0 atom stereocenters. The minimum Gasteiger partial charge on any atom is -0.256 e. The fraction of sp³-hybridized carbons (Fsp3) is 0.100. The molecule has 0 aliphatic carbocycles. The SMILES string of the molecule is Fc1ccnc2cc(C(F)F)ccc12. The van der Waals surface area contributed by atoms with E-state index in [-0.39, 0.29) is 16.5 Å². The van der Waals surface area contributed by atoms with Crippen molar-refractivity contribution in [3.8, 4) is 0 Å². The average molecular weight is 197 g/mol. The van der Waals surface area contributed by atoms with Crippen LogP contribution in [0.15, 0.2) is 30.5 Å². The summed E-state index contributed by atoms with van der Waals surface area (Å²) in [6, 6.07) is 4.92. The first-order valence-electron chi connectivity index (χ1n) is 4.01. The van der Waals surface area contributed by atoms with Gasteiger partial charge in [0, 0.05) is 17.1 Å². The van der Waals surface area contributed by atoms with Gasteiger partial charge in [-0.2, -0.15) is 0 Å². The lowest BCUT2D eigenvalue weighted by Gasteiger charge is -2.02. The molecule has 1 aromatic carbocycles. The Balaban J connectivity index is 2.67. The zero-order valence-corrected chi connectivity index (χ0v) is 7.05. The summed E-state index contributed by atoms with van der Waals surface area (Å²) in [4.78, 5) is 3.81. The largest absolute Gasteiger partial charge is 0.263 e. The van der Waals surface area contributed by atoms with Crippen molar-refractivity contribution in [2.75, 3.05) is 0 Å². The van der Waals surface area contributed by atoms with Crippen molar-refractivity contribution in [3.05, 3.63) is 41.8 Å². The quantitative estimate of drug-likeness (QED) is 0.683. The van der Waals surface area contributed by atoms with Crippen LogP contribution in [0, 0.1) is 5.82 Å². The molecule has 0 radical (unpaired) electrons. The van der Waals surface area contributed by atoms with Gasteiger partial charge in [0.1, 0.15) is 5.82 Å². The number of hydrogen-bond acceptors (Lipinski definition) is 1. The molecule has 0 aliphatic rings. The molecule has 1 aromatic heterocycles. The summed E-state index contributed by atoms with van der Waals surface area (Å²) in [5.41, 5.74) is 0.110. The number of benzene rings is 1. The van der Waals surface area contributed by atoms with E-state index in [0.29, 0.717) is 0 Å². The molecule has 0 aliphatic heterocycles. The standard InChI is InChI=1S/C10H6F3N/c11-8-3-4-14-9-5-6(10(12)13)1-2-7(8)9/h1-5,10H. The number of fused-ring (bicyclic) bond motifs is 1. The van der Waals surface area contributed by atoms with Crippen molar-refractivity contribution < 1.29 is 13.2 Å². The Labute approximate surface area is 78.2 Å². The topological polar surface area (TPSA) is 12.9 Å². The minimum absolute atomic E-state index is 0.143. The molecule has 2 aromatic rings. The third-order valence-corrected chi connectivity index (χ3v) is 1.97. The maximum atomic E-state index is 13.1. The minimum atomic E-state index is -2.55. The molecule has 72 valence electrons. The third-order valence-electron chi connectivity index (χ3n) is 1.97. The summed E-state index contributed by atoms with van der Waals surface area (Å²) in [7, 11) is 0. The Morgan fingerprint density at radius 1 is 1.14 bits per heavy atom. The monoisotopic (exact) mass is 197 g/mol. The fourth-order valence-electron chi connectivity index (χ4n) is 1.27. The van der Waals surface area contributed by atoms with Crippen molar-refractivity contribution in [3.63, 3.8) is 0 Å². The molecule has 2 rings (SSSR count). The van der Waals surface area contributed by atoms with E-state index in [4.69, 9.17) is 0 Å². The number of pyridine rings is 1. The van der Waals surface area contributed by atoms with Crippen LogP contribution in [0.5, 0.6) is 0 Å². The van der Waals surface area contributed by atoms with Gasteiger partial charge in [0.05, 0.1) is 5.52 Å². The third kappa shape index (κ3) is 1.43. The van der Waals surface area contributed by atoms with Gasteiger partial charge in [-0.3, -0.25) is 4.98 Å². The van der Waals surface area contributed by atoms with Gasteiger partial charge in [-0.15, -0.1) is 0 Å². The number of rotatable bonds is 1. The zero-order chi connectivity index (χ0) is 10.1. The van der Waals surface area contributed by atoms with E-state index < -0.39 is 12.2 Å². The van der Waals surface area contributed by atoms with Gasteiger partial charge >= 0.3 is 0 Å². The molecular weight excluding hydrogens is 191 g/mol. The van der Waals surface area contributed by atoms with Gasteiger partial charge in [-0.1, -0.05) is 6.07 Å². The zero-order valence-electron chi connectivity index (χ0n) is 7.05. The van der Waals surface area contributed by atoms with Crippen LogP contribution in [0.25, 0.3) is 10.9 Å². The fourth-order valence-corrected chi connectivity index (χ4v) is 1.27. The van der Waals surface area contributed by atoms with Gasteiger partial charge < -0.3 is 0 Å². The molecule has 0 fully saturated rings. The second-order valence-corrected chi connectivity index (χ2v) is 2.87. The van der Waals surface area contributed by atoms with Gasteiger partial charge in [0.2, 0.25) is 0 Å². The highest BCUT2D eigenvalue weighted by Crippen LogP contribution is 2.23. The Morgan fingerprint density at radius 2 is 1.93 bits per heavy atom. The first kappa shape index (κ1) is 8.99. The van der Waals surface area contributed by atoms with Crippen LogP contribution in [-0.4, -0.2) is 4.98 Å². The van der Waals surface area contributed by atoms with E-state index in [1.165, 1.54) is 30.5 Å². The number of hydrogen-bond donors (Lipinski definition) is 0. The molecule has 1 nitrogen and oxygen atoms in total. The van der Waals surface area contributed by atoms with Crippen molar-refractivity contribution in [2.24, 2.45) is 0 Å². The van der Waals surface area contributed by atoms with E-state index in [1.807, 2.05) is 0 Å². The summed E-state index contributed by atoms with van der Waals surface area (Å²) < 4.78 is 37.6. The molecule has 0 unspecified atom stereocenters. The molecule has 0 N–H and O–H groups in total. The molecule has 0 amide bonds. The first-order valence-corrected chi connectivity index (χ1v) is 4.01. The van der Waals surface area contributed by atoms with Crippen LogP contribution in [0.2, 0.25) is 0 Å². The summed E-state index contributed by atoms with van der Waals surface area (Å²) in [6.45, 7) is 0. The predicted octanol–water partition coefficient (Wildman–Crippen LogP) is 3.31. The highest BCUT2D eigenvalue weighted by molar-refractivity contribution is 5.79. The van der Waals surface area contributed by atoms with Gasteiger partial charge in [0.15, 0.2) is 0 Å². The van der Waals surface area contributed by atoms with Crippen LogP contribution in [0.1, 0.15) is 12.0 Å². The van der Waals surface area contributed by atoms with Crippen molar-refractivity contribution in [1.82, 2.24) is 4.98 Å². The van der Waals surface area contributed by atoms with Crippen molar-refractivity contribution in [1.29, 1.82) is 0 Å². The second-order valence-electron chi connectivity index (χ2n) is 2.87. The first-order chi connectivity index (χ1) is 6.68. The molecule has 4 heteroatoms.